The maximum Gasteiger partial charge on any atom is 0.324 e. The molecule has 3 N–H and O–H groups in total. The molecule has 1 aliphatic heterocycles. The van der Waals surface area contributed by atoms with E-state index < -0.39 is 6.03 Å². The summed E-state index contributed by atoms with van der Waals surface area (Å²) in [7, 11) is 0. The van der Waals surface area contributed by atoms with Gasteiger partial charge in [0.2, 0.25) is 0 Å². The molecule has 9 nitrogen and oxygen atoms in total. The fraction of sp³-hybridized carbons (Fsp3) is 0.292. The summed E-state index contributed by atoms with van der Waals surface area (Å²) in [5, 5.41) is 9.01. The highest BCUT2D eigenvalue weighted by Gasteiger charge is 2.10. The molecule has 0 spiro atoms. The minimum atomic E-state index is -0.451. The average Bonchev–Trinajstić information content (AvgIpc) is 2.85. The van der Waals surface area contributed by atoms with Gasteiger partial charge >= 0.3 is 6.03 Å². The Labute approximate surface area is 203 Å². The van der Waals surface area contributed by atoms with Crippen molar-refractivity contribution in [3.8, 4) is 5.75 Å². The molecule has 178 valence electrons. The van der Waals surface area contributed by atoms with Crippen LogP contribution in [0.2, 0.25) is 5.02 Å². The first-order valence-corrected chi connectivity index (χ1v) is 11.5. The lowest BCUT2D eigenvalue weighted by atomic mass is 10.3. The average molecular weight is 483 g/mol. The molecule has 0 bridgehead atoms. The Morgan fingerprint density at radius 3 is 2.59 bits per heavy atom. The highest BCUT2D eigenvalue weighted by molar-refractivity contribution is 6.33. The van der Waals surface area contributed by atoms with Crippen molar-refractivity contribution in [3.05, 3.63) is 65.9 Å². The number of morpholine rings is 1. The van der Waals surface area contributed by atoms with Gasteiger partial charge < -0.3 is 20.1 Å². The third kappa shape index (κ3) is 7.31. The van der Waals surface area contributed by atoms with Gasteiger partial charge in [0.1, 0.15) is 23.7 Å². The zero-order valence-electron chi connectivity index (χ0n) is 18.7. The molecule has 0 unspecified atom stereocenters. The van der Waals surface area contributed by atoms with Crippen LogP contribution in [-0.4, -0.2) is 60.4 Å². The van der Waals surface area contributed by atoms with Gasteiger partial charge in [-0.3, -0.25) is 10.2 Å². The van der Waals surface area contributed by atoms with E-state index >= 15 is 0 Å². The highest BCUT2D eigenvalue weighted by atomic mass is 35.5. The van der Waals surface area contributed by atoms with Crippen LogP contribution in [0.1, 0.15) is 6.42 Å². The maximum absolute atomic E-state index is 12.3. The topological polar surface area (TPSA) is 101 Å². The van der Waals surface area contributed by atoms with E-state index in [2.05, 4.69) is 30.8 Å². The van der Waals surface area contributed by atoms with Crippen LogP contribution in [0.5, 0.6) is 5.75 Å². The molecule has 0 saturated carbocycles. The van der Waals surface area contributed by atoms with Gasteiger partial charge in [-0.05, 0) is 42.8 Å². The van der Waals surface area contributed by atoms with Gasteiger partial charge in [0.15, 0.2) is 0 Å². The number of benzene rings is 2. The summed E-state index contributed by atoms with van der Waals surface area (Å²) in [6.45, 7) is 5.30. The number of para-hydroxylation sites is 1. The first-order chi connectivity index (χ1) is 16.7. The van der Waals surface area contributed by atoms with Crippen LogP contribution in [0.4, 0.5) is 27.8 Å². The van der Waals surface area contributed by atoms with Gasteiger partial charge in [0.25, 0.3) is 0 Å². The van der Waals surface area contributed by atoms with Crippen molar-refractivity contribution in [2.75, 3.05) is 55.4 Å². The standard InChI is InChI=1S/C24H27ClN6O3/c25-20-4-1-2-5-21(20)29-24(32)30-23-16-22(26-17-27-23)28-18-6-8-19(9-7-18)34-13-3-10-31-11-14-33-15-12-31/h1-2,4-9,16-17H,3,10-15H2,(H3,26,27,28,29,30,32). The van der Waals surface area contributed by atoms with E-state index in [4.69, 9.17) is 21.1 Å². The molecule has 1 aromatic heterocycles. The van der Waals surface area contributed by atoms with E-state index in [1.807, 2.05) is 24.3 Å². The van der Waals surface area contributed by atoms with Crippen LogP contribution in [0.25, 0.3) is 0 Å². The van der Waals surface area contributed by atoms with E-state index in [1.54, 1.807) is 30.3 Å². The second kappa shape index (κ2) is 12.2. The number of halogens is 1. The summed E-state index contributed by atoms with van der Waals surface area (Å²) in [5.74, 6) is 1.71. The second-order valence-corrected chi connectivity index (χ2v) is 8.06. The van der Waals surface area contributed by atoms with Crippen LogP contribution < -0.4 is 20.7 Å². The Hall–Kier alpha value is -3.40. The van der Waals surface area contributed by atoms with E-state index in [0.29, 0.717) is 29.0 Å². The molecule has 1 fully saturated rings. The van der Waals surface area contributed by atoms with Crippen molar-refractivity contribution < 1.29 is 14.3 Å². The van der Waals surface area contributed by atoms with Gasteiger partial charge in [0.05, 0.1) is 30.5 Å². The number of carbonyl (C=O) groups excluding carboxylic acids is 1. The predicted octanol–water partition coefficient (Wildman–Crippen LogP) is 4.62. The quantitative estimate of drug-likeness (QED) is 0.382. The van der Waals surface area contributed by atoms with Gasteiger partial charge in [-0.15, -0.1) is 0 Å². The molecule has 2 heterocycles. The molecule has 1 saturated heterocycles. The lowest BCUT2D eigenvalue weighted by molar-refractivity contribution is 0.0358. The van der Waals surface area contributed by atoms with Crippen molar-refractivity contribution in [2.24, 2.45) is 0 Å². The zero-order valence-corrected chi connectivity index (χ0v) is 19.4. The SMILES string of the molecule is O=C(Nc1cc(Nc2ccc(OCCCN3CCOCC3)cc2)ncn1)Nc1ccccc1Cl. The third-order valence-electron chi connectivity index (χ3n) is 5.15. The molecule has 34 heavy (non-hydrogen) atoms. The number of nitrogens with zero attached hydrogens (tertiary/aromatic N) is 3. The number of amides is 2. The molecule has 10 heteroatoms. The Morgan fingerprint density at radius 2 is 1.79 bits per heavy atom. The van der Waals surface area contributed by atoms with E-state index in [1.165, 1.54) is 6.33 Å². The van der Waals surface area contributed by atoms with E-state index in [9.17, 15) is 4.79 Å². The van der Waals surface area contributed by atoms with Crippen molar-refractivity contribution in [1.29, 1.82) is 0 Å². The highest BCUT2D eigenvalue weighted by Crippen LogP contribution is 2.22. The van der Waals surface area contributed by atoms with Crippen LogP contribution in [0.15, 0.2) is 60.9 Å². The number of hydrogen-bond acceptors (Lipinski definition) is 7. The molecule has 2 aromatic carbocycles. The Kier molecular flexibility index (Phi) is 8.50. The fourth-order valence-corrected chi connectivity index (χ4v) is 3.59. The van der Waals surface area contributed by atoms with Gasteiger partial charge in [-0.25, -0.2) is 14.8 Å². The summed E-state index contributed by atoms with van der Waals surface area (Å²) in [6, 6.07) is 15.8. The van der Waals surface area contributed by atoms with Gasteiger partial charge in [0, 0.05) is 31.4 Å². The molecule has 4 rings (SSSR count). The number of urea groups is 1. The number of ether oxygens (including phenoxy) is 2. The number of aromatic nitrogens is 2. The first kappa shape index (κ1) is 23.7. The molecule has 0 aliphatic carbocycles. The molecular weight excluding hydrogens is 456 g/mol. The second-order valence-electron chi connectivity index (χ2n) is 7.65. The number of carbonyl (C=O) groups is 1. The summed E-state index contributed by atoms with van der Waals surface area (Å²) < 4.78 is 11.2. The number of nitrogens with one attached hydrogen (secondary N) is 3. The van der Waals surface area contributed by atoms with Crippen LogP contribution in [-0.2, 0) is 4.74 Å². The summed E-state index contributed by atoms with van der Waals surface area (Å²) in [6.07, 6.45) is 2.35. The molecule has 3 aromatic rings. The zero-order chi connectivity index (χ0) is 23.6. The molecule has 2 amide bonds. The fourth-order valence-electron chi connectivity index (χ4n) is 3.41. The maximum atomic E-state index is 12.3. The lowest BCUT2D eigenvalue weighted by Crippen LogP contribution is -2.37. The van der Waals surface area contributed by atoms with Crippen molar-refractivity contribution >= 4 is 40.6 Å². The van der Waals surface area contributed by atoms with E-state index in [0.717, 1.165) is 50.7 Å². The van der Waals surface area contributed by atoms with Crippen molar-refractivity contribution in [1.82, 2.24) is 14.9 Å². The monoisotopic (exact) mass is 482 g/mol. The largest absolute Gasteiger partial charge is 0.494 e. The summed E-state index contributed by atoms with van der Waals surface area (Å²) in [5.41, 5.74) is 1.35. The van der Waals surface area contributed by atoms with Crippen molar-refractivity contribution in [3.63, 3.8) is 0 Å². The molecular formula is C24H27ClN6O3. The van der Waals surface area contributed by atoms with E-state index in [-0.39, 0.29) is 0 Å². The van der Waals surface area contributed by atoms with Gasteiger partial charge in [-0.2, -0.15) is 0 Å². The Balaban J connectivity index is 1.23. The smallest absolute Gasteiger partial charge is 0.324 e. The first-order valence-electron chi connectivity index (χ1n) is 11.1. The molecule has 1 aliphatic rings. The third-order valence-corrected chi connectivity index (χ3v) is 5.48. The summed E-state index contributed by atoms with van der Waals surface area (Å²) in [4.78, 5) is 22.9. The van der Waals surface area contributed by atoms with Gasteiger partial charge in [-0.1, -0.05) is 23.7 Å². The summed E-state index contributed by atoms with van der Waals surface area (Å²) >= 11 is 6.07. The Bertz CT molecular complexity index is 1080. The lowest BCUT2D eigenvalue weighted by Gasteiger charge is -2.26. The normalized spacial score (nSPS) is 13.8. The minimum absolute atomic E-state index is 0.349. The molecule has 0 atom stereocenters. The van der Waals surface area contributed by atoms with Crippen LogP contribution >= 0.6 is 11.6 Å². The minimum Gasteiger partial charge on any atom is -0.494 e. The van der Waals surface area contributed by atoms with Crippen LogP contribution in [0.3, 0.4) is 0 Å². The number of hydrogen-bond donors (Lipinski definition) is 3. The number of rotatable bonds is 9. The van der Waals surface area contributed by atoms with Crippen molar-refractivity contribution in [2.45, 2.75) is 6.42 Å². The number of anilines is 4. The Morgan fingerprint density at radius 1 is 1.03 bits per heavy atom. The predicted molar refractivity (Wildman–Crippen MR) is 133 cm³/mol. The van der Waals surface area contributed by atoms with Crippen LogP contribution in [0, 0.1) is 0 Å². The molecule has 0 radical (unpaired) electrons.